The van der Waals surface area contributed by atoms with Gasteiger partial charge in [0.15, 0.2) is 0 Å². The molecule has 0 radical (unpaired) electrons. The van der Waals surface area contributed by atoms with Crippen molar-refractivity contribution in [3.8, 4) is 0 Å². The van der Waals surface area contributed by atoms with Crippen molar-refractivity contribution in [2.45, 2.75) is 45.6 Å². The summed E-state index contributed by atoms with van der Waals surface area (Å²) in [6, 6.07) is 8.63. The molecule has 0 saturated heterocycles. The van der Waals surface area contributed by atoms with Crippen molar-refractivity contribution in [2.75, 3.05) is 6.54 Å². The smallest absolute Gasteiger partial charge is 0.0481 e. The van der Waals surface area contributed by atoms with Crippen molar-refractivity contribution >= 4 is 23.3 Å². The number of unbranched alkanes of at least 4 members (excludes halogenated alkanes) is 4. The number of hydrogen-bond donors (Lipinski definition) is 1. The molecule has 0 saturated carbocycles. The fourth-order valence-corrected chi connectivity index (χ4v) is 2.64. The van der Waals surface area contributed by atoms with Crippen LogP contribution in [0.15, 0.2) is 30.5 Å². The van der Waals surface area contributed by atoms with Gasteiger partial charge in [0.1, 0.15) is 0 Å². The number of nitrogens with one attached hydrogen (secondary N) is 1. The lowest BCUT2D eigenvalue weighted by atomic mass is 10.1. The molecule has 0 bridgehead atoms. The van der Waals surface area contributed by atoms with Gasteiger partial charge in [-0.1, -0.05) is 50.8 Å². The van der Waals surface area contributed by atoms with E-state index in [1.54, 1.807) is 0 Å². The number of nitrogens with zero attached hydrogens (tertiary/aromatic N) is 1. The zero-order valence-corrected chi connectivity index (χ0v) is 13.5. The quantitative estimate of drug-likeness (QED) is 0.701. The van der Waals surface area contributed by atoms with E-state index in [0.717, 1.165) is 13.1 Å². The summed E-state index contributed by atoms with van der Waals surface area (Å²) in [4.78, 5) is 0. The summed E-state index contributed by atoms with van der Waals surface area (Å²) in [7, 11) is 2.12. The number of aryl methyl sites for hydroxylation is 1. The van der Waals surface area contributed by atoms with Crippen molar-refractivity contribution in [1.82, 2.24) is 9.88 Å². The lowest BCUT2D eigenvalue weighted by Crippen LogP contribution is -2.14. The highest BCUT2D eigenvalue weighted by Crippen LogP contribution is 2.19. The van der Waals surface area contributed by atoms with E-state index in [1.807, 2.05) is 0 Å². The fourth-order valence-electron chi connectivity index (χ4n) is 2.64. The van der Waals surface area contributed by atoms with Crippen LogP contribution in [0.2, 0.25) is 0 Å². The van der Waals surface area contributed by atoms with Gasteiger partial charge in [0.05, 0.1) is 0 Å². The monoisotopic (exact) mass is 294 g/mol. The molecule has 0 amide bonds. The maximum absolute atomic E-state index is 3.57. The zero-order valence-electron chi connectivity index (χ0n) is 12.7. The number of hydrogen-bond acceptors (Lipinski definition) is 1. The van der Waals surface area contributed by atoms with E-state index in [0.29, 0.717) is 0 Å². The molecular formula is C17H27ClN2. The van der Waals surface area contributed by atoms with Gasteiger partial charge in [0.25, 0.3) is 0 Å². The Balaban J connectivity index is 0.00000200. The molecule has 112 valence electrons. The van der Waals surface area contributed by atoms with Gasteiger partial charge < -0.3 is 9.88 Å². The average Bonchev–Trinajstić information content (AvgIpc) is 2.75. The van der Waals surface area contributed by atoms with Gasteiger partial charge in [-0.25, -0.2) is 0 Å². The topological polar surface area (TPSA) is 17.0 Å². The Labute approximate surface area is 129 Å². The molecule has 2 nitrogen and oxygen atoms in total. The lowest BCUT2D eigenvalue weighted by molar-refractivity contribution is 0.584. The van der Waals surface area contributed by atoms with Crippen LogP contribution in [0.5, 0.6) is 0 Å². The van der Waals surface area contributed by atoms with Crippen LogP contribution in [0.25, 0.3) is 10.9 Å². The first kappa shape index (κ1) is 17.1. The number of halogens is 1. The highest BCUT2D eigenvalue weighted by molar-refractivity contribution is 5.85. The zero-order chi connectivity index (χ0) is 13.5. The van der Waals surface area contributed by atoms with Gasteiger partial charge in [-0.2, -0.15) is 0 Å². The molecule has 0 aliphatic rings. The van der Waals surface area contributed by atoms with Crippen molar-refractivity contribution in [3.63, 3.8) is 0 Å². The largest absolute Gasteiger partial charge is 0.350 e. The molecule has 20 heavy (non-hydrogen) atoms. The summed E-state index contributed by atoms with van der Waals surface area (Å²) in [6.07, 6.45) is 8.98. The van der Waals surface area contributed by atoms with E-state index in [1.165, 1.54) is 48.6 Å². The van der Waals surface area contributed by atoms with E-state index in [9.17, 15) is 0 Å². The molecule has 0 atom stereocenters. The van der Waals surface area contributed by atoms with Gasteiger partial charge >= 0.3 is 0 Å². The van der Waals surface area contributed by atoms with Crippen LogP contribution in [0.4, 0.5) is 0 Å². The van der Waals surface area contributed by atoms with Crippen molar-refractivity contribution in [1.29, 1.82) is 0 Å². The number of aromatic nitrogens is 1. The molecule has 1 aromatic heterocycles. The van der Waals surface area contributed by atoms with E-state index in [4.69, 9.17) is 0 Å². The Morgan fingerprint density at radius 3 is 2.60 bits per heavy atom. The Morgan fingerprint density at radius 2 is 1.80 bits per heavy atom. The number of para-hydroxylation sites is 1. The second kappa shape index (κ2) is 9.04. The van der Waals surface area contributed by atoms with Crippen molar-refractivity contribution in [2.24, 2.45) is 7.05 Å². The highest BCUT2D eigenvalue weighted by Gasteiger charge is 2.04. The minimum absolute atomic E-state index is 0. The van der Waals surface area contributed by atoms with Gasteiger partial charge in [0.2, 0.25) is 0 Å². The number of fused-ring (bicyclic) bond motifs is 1. The number of rotatable bonds is 8. The lowest BCUT2D eigenvalue weighted by Gasteiger charge is -2.04. The van der Waals surface area contributed by atoms with Crippen LogP contribution >= 0.6 is 12.4 Å². The van der Waals surface area contributed by atoms with Crippen molar-refractivity contribution in [3.05, 3.63) is 36.0 Å². The summed E-state index contributed by atoms with van der Waals surface area (Å²) in [6.45, 7) is 4.38. The van der Waals surface area contributed by atoms with E-state index >= 15 is 0 Å². The van der Waals surface area contributed by atoms with Crippen LogP contribution in [-0.2, 0) is 13.6 Å². The van der Waals surface area contributed by atoms with Gasteiger partial charge in [-0.3, -0.25) is 0 Å². The maximum atomic E-state index is 3.57. The third-order valence-corrected chi connectivity index (χ3v) is 3.75. The summed E-state index contributed by atoms with van der Waals surface area (Å²) in [5.74, 6) is 0. The summed E-state index contributed by atoms with van der Waals surface area (Å²) < 4.78 is 2.22. The molecule has 0 spiro atoms. The third-order valence-electron chi connectivity index (χ3n) is 3.75. The molecule has 1 heterocycles. The second-order valence-corrected chi connectivity index (χ2v) is 5.37. The van der Waals surface area contributed by atoms with E-state index in [2.05, 4.69) is 54.3 Å². The summed E-state index contributed by atoms with van der Waals surface area (Å²) >= 11 is 0. The Bertz CT molecular complexity index is 505. The molecule has 3 heteroatoms. The van der Waals surface area contributed by atoms with Crippen LogP contribution < -0.4 is 5.32 Å². The molecule has 2 aromatic rings. The molecule has 0 fully saturated rings. The fraction of sp³-hybridized carbons (Fsp3) is 0.529. The molecule has 0 unspecified atom stereocenters. The maximum Gasteiger partial charge on any atom is 0.0481 e. The van der Waals surface area contributed by atoms with Gasteiger partial charge in [-0.15, -0.1) is 12.4 Å². The van der Waals surface area contributed by atoms with Crippen LogP contribution in [-0.4, -0.2) is 11.1 Å². The molecule has 0 aliphatic carbocycles. The molecule has 1 aromatic carbocycles. The SMILES string of the molecule is CCCCCCCNCc1cn(C)c2ccccc12.Cl. The first-order chi connectivity index (χ1) is 9.33. The molecular weight excluding hydrogens is 268 g/mol. The first-order valence-electron chi connectivity index (χ1n) is 7.56. The van der Waals surface area contributed by atoms with Crippen LogP contribution in [0.1, 0.15) is 44.6 Å². The average molecular weight is 295 g/mol. The normalized spacial score (nSPS) is 10.7. The Morgan fingerprint density at radius 1 is 1.05 bits per heavy atom. The Hall–Kier alpha value is -0.990. The predicted molar refractivity (Wildman–Crippen MR) is 90.6 cm³/mol. The molecule has 2 rings (SSSR count). The highest BCUT2D eigenvalue weighted by atomic mass is 35.5. The Kier molecular flexibility index (Phi) is 7.71. The van der Waals surface area contributed by atoms with Crippen molar-refractivity contribution < 1.29 is 0 Å². The molecule has 0 aliphatic heterocycles. The van der Waals surface area contributed by atoms with E-state index < -0.39 is 0 Å². The summed E-state index contributed by atoms with van der Waals surface area (Å²) in [5, 5.41) is 4.95. The predicted octanol–water partition coefficient (Wildman–Crippen LogP) is 4.66. The van der Waals surface area contributed by atoms with Crippen LogP contribution in [0, 0.1) is 0 Å². The minimum Gasteiger partial charge on any atom is -0.350 e. The van der Waals surface area contributed by atoms with Crippen LogP contribution in [0.3, 0.4) is 0 Å². The standard InChI is InChI=1S/C17H26N2.ClH/c1-3-4-5-6-9-12-18-13-15-14-19(2)17-11-8-7-10-16(15)17;/h7-8,10-11,14,18H,3-6,9,12-13H2,1-2H3;1H. The third kappa shape index (κ3) is 4.53. The number of benzene rings is 1. The van der Waals surface area contributed by atoms with Gasteiger partial charge in [0, 0.05) is 30.7 Å². The van der Waals surface area contributed by atoms with E-state index in [-0.39, 0.29) is 12.4 Å². The summed E-state index contributed by atoms with van der Waals surface area (Å²) in [5.41, 5.74) is 2.73. The second-order valence-electron chi connectivity index (χ2n) is 5.37. The minimum atomic E-state index is 0. The molecule has 1 N–H and O–H groups in total. The first-order valence-corrected chi connectivity index (χ1v) is 7.56. The van der Waals surface area contributed by atoms with Gasteiger partial charge in [-0.05, 0) is 24.6 Å².